The number of carbonyl (C=O) groups excluding carboxylic acids is 2. The van der Waals surface area contributed by atoms with Crippen LogP contribution in [-0.2, 0) is 22.7 Å². The number of hydrogen-bond acceptors (Lipinski definition) is 6. The van der Waals surface area contributed by atoms with Gasteiger partial charge >= 0.3 is 0 Å². The Bertz CT molecular complexity index is 933. The van der Waals surface area contributed by atoms with E-state index in [0.29, 0.717) is 31.0 Å². The van der Waals surface area contributed by atoms with Crippen LogP contribution in [0.5, 0.6) is 11.5 Å². The van der Waals surface area contributed by atoms with Crippen LogP contribution in [0.4, 0.5) is 0 Å². The van der Waals surface area contributed by atoms with E-state index in [1.54, 1.807) is 32.1 Å². The predicted molar refractivity (Wildman–Crippen MR) is 143 cm³/mol. The molecule has 0 spiro atoms. The van der Waals surface area contributed by atoms with Crippen molar-refractivity contribution in [1.29, 1.82) is 0 Å². The standard InChI is InChI=1S/C27H39N3O5.ClH/c1-18(2)11-24(28)27(33)29-25(19(3)31)15-26(32)30(16-20-9-7-6-8-10-20)17-21-12-22(34-4)14-23(13-21)35-5;/h6-10,12-14,18-19,24-25,31H,11,15-17,28H2,1-5H3,(H,29,33);1H/t19-,24-,25?;/m0./s1. The van der Waals surface area contributed by atoms with Gasteiger partial charge in [0.05, 0.1) is 32.4 Å². The Labute approximate surface area is 220 Å². The SMILES string of the molecule is COc1cc(CN(Cc2ccccc2)C(=O)CC(NC(=O)[C@@H](N)CC(C)C)[C@H](C)O)cc(OC)c1.Cl. The molecule has 0 aliphatic rings. The first-order valence-corrected chi connectivity index (χ1v) is 11.9. The molecule has 0 aliphatic heterocycles. The van der Waals surface area contributed by atoms with Gasteiger partial charge in [-0.25, -0.2) is 0 Å². The smallest absolute Gasteiger partial charge is 0.237 e. The molecule has 36 heavy (non-hydrogen) atoms. The molecule has 200 valence electrons. The zero-order chi connectivity index (χ0) is 26.0. The molecule has 0 aromatic heterocycles. The molecule has 0 saturated carbocycles. The van der Waals surface area contributed by atoms with Gasteiger partial charge in [-0.1, -0.05) is 44.2 Å². The molecule has 8 nitrogen and oxygen atoms in total. The van der Waals surface area contributed by atoms with Crippen molar-refractivity contribution in [3.63, 3.8) is 0 Å². The fraction of sp³-hybridized carbons (Fsp3) is 0.481. The van der Waals surface area contributed by atoms with Crippen LogP contribution < -0.4 is 20.5 Å². The van der Waals surface area contributed by atoms with E-state index >= 15 is 0 Å². The van der Waals surface area contributed by atoms with Crippen LogP contribution >= 0.6 is 12.4 Å². The molecule has 0 fully saturated rings. The van der Waals surface area contributed by atoms with Crippen molar-refractivity contribution >= 4 is 24.2 Å². The summed E-state index contributed by atoms with van der Waals surface area (Å²) >= 11 is 0. The first-order chi connectivity index (χ1) is 16.6. The minimum absolute atomic E-state index is 0. The number of halogens is 1. The Morgan fingerprint density at radius 1 is 0.972 bits per heavy atom. The highest BCUT2D eigenvalue weighted by molar-refractivity contribution is 5.85. The second-order valence-corrected chi connectivity index (χ2v) is 9.25. The lowest BCUT2D eigenvalue weighted by atomic mass is 10.0. The zero-order valence-corrected chi connectivity index (χ0v) is 22.6. The third-order valence-electron chi connectivity index (χ3n) is 5.72. The number of aliphatic hydroxyl groups is 1. The van der Waals surface area contributed by atoms with E-state index in [2.05, 4.69) is 5.32 Å². The molecule has 1 unspecified atom stereocenters. The predicted octanol–water partition coefficient (Wildman–Crippen LogP) is 3.28. The quantitative estimate of drug-likeness (QED) is 0.373. The average Bonchev–Trinajstić information content (AvgIpc) is 2.82. The van der Waals surface area contributed by atoms with Crippen molar-refractivity contribution in [3.05, 3.63) is 59.7 Å². The van der Waals surface area contributed by atoms with Gasteiger partial charge in [-0.05, 0) is 42.5 Å². The van der Waals surface area contributed by atoms with Crippen molar-refractivity contribution < 1.29 is 24.2 Å². The Kier molecular flexibility index (Phi) is 13.3. The number of hydrogen-bond donors (Lipinski definition) is 3. The van der Waals surface area contributed by atoms with E-state index < -0.39 is 18.2 Å². The summed E-state index contributed by atoms with van der Waals surface area (Å²) in [4.78, 5) is 27.7. The highest BCUT2D eigenvalue weighted by Gasteiger charge is 2.27. The maximum atomic E-state index is 13.5. The number of benzene rings is 2. The first-order valence-electron chi connectivity index (χ1n) is 11.9. The molecule has 2 aromatic carbocycles. The van der Waals surface area contributed by atoms with Crippen LogP contribution in [0.25, 0.3) is 0 Å². The van der Waals surface area contributed by atoms with E-state index in [1.807, 2.05) is 56.3 Å². The first kappa shape index (κ1) is 31.2. The van der Waals surface area contributed by atoms with Crippen molar-refractivity contribution in [2.75, 3.05) is 14.2 Å². The number of aliphatic hydroxyl groups excluding tert-OH is 1. The lowest BCUT2D eigenvalue weighted by Gasteiger charge is -2.28. The zero-order valence-electron chi connectivity index (χ0n) is 21.8. The second kappa shape index (κ2) is 15.3. The highest BCUT2D eigenvalue weighted by atomic mass is 35.5. The molecule has 2 amide bonds. The highest BCUT2D eigenvalue weighted by Crippen LogP contribution is 2.24. The molecule has 4 N–H and O–H groups in total. The van der Waals surface area contributed by atoms with Crippen LogP contribution in [0.2, 0.25) is 0 Å². The van der Waals surface area contributed by atoms with E-state index in [9.17, 15) is 14.7 Å². The third-order valence-corrected chi connectivity index (χ3v) is 5.72. The number of nitrogens with one attached hydrogen (secondary N) is 1. The van der Waals surface area contributed by atoms with E-state index in [0.717, 1.165) is 11.1 Å². The fourth-order valence-corrected chi connectivity index (χ4v) is 3.78. The second-order valence-electron chi connectivity index (χ2n) is 9.25. The summed E-state index contributed by atoms with van der Waals surface area (Å²) in [5.41, 5.74) is 7.80. The number of rotatable bonds is 13. The summed E-state index contributed by atoms with van der Waals surface area (Å²) in [6, 6.07) is 13.7. The van der Waals surface area contributed by atoms with E-state index in [4.69, 9.17) is 15.2 Å². The lowest BCUT2D eigenvalue weighted by Crippen LogP contribution is -2.51. The molecule has 2 rings (SSSR count). The number of methoxy groups -OCH3 is 2. The van der Waals surface area contributed by atoms with Crippen LogP contribution in [-0.4, -0.2) is 54.2 Å². The summed E-state index contributed by atoms with van der Waals surface area (Å²) in [6.45, 7) is 6.19. The Morgan fingerprint density at radius 2 is 1.53 bits per heavy atom. The Morgan fingerprint density at radius 3 is 2.03 bits per heavy atom. The van der Waals surface area contributed by atoms with Gasteiger partial charge in [0.2, 0.25) is 11.8 Å². The van der Waals surface area contributed by atoms with Crippen molar-refractivity contribution in [3.8, 4) is 11.5 Å². The average molecular weight is 522 g/mol. The molecule has 3 atom stereocenters. The van der Waals surface area contributed by atoms with Crippen LogP contribution in [0.15, 0.2) is 48.5 Å². The number of nitrogens with zero attached hydrogens (tertiary/aromatic N) is 1. The number of ether oxygens (including phenoxy) is 2. The molecule has 0 heterocycles. The Hall–Kier alpha value is -2.81. The number of nitrogens with two attached hydrogens (primary N) is 1. The van der Waals surface area contributed by atoms with Gasteiger partial charge in [-0.15, -0.1) is 12.4 Å². The summed E-state index contributed by atoms with van der Waals surface area (Å²) in [7, 11) is 3.15. The molecule has 0 radical (unpaired) electrons. The largest absolute Gasteiger partial charge is 0.497 e. The minimum Gasteiger partial charge on any atom is -0.497 e. The van der Waals surface area contributed by atoms with Gasteiger partial charge in [-0.3, -0.25) is 9.59 Å². The molecule has 9 heteroatoms. The van der Waals surface area contributed by atoms with Crippen molar-refractivity contribution in [2.24, 2.45) is 11.7 Å². The summed E-state index contributed by atoms with van der Waals surface area (Å²) in [5, 5.41) is 13.1. The molecule has 0 aliphatic carbocycles. The normalized spacial score (nSPS) is 13.2. The summed E-state index contributed by atoms with van der Waals surface area (Å²) < 4.78 is 10.7. The van der Waals surface area contributed by atoms with Gasteiger partial charge in [0, 0.05) is 25.6 Å². The molecule has 2 aromatic rings. The number of carbonyl (C=O) groups is 2. The summed E-state index contributed by atoms with van der Waals surface area (Å²) in [5.74, 6) is 0.923. The van der Waals surface area contributed by atoms with Gasteiger partial charge in [0.15, 0.2) is 0 Å². The fourth-order valence-electron chi connectivity index (χ4n) is 3.78. The van der Waals surface area contributed by atoms with Gasteiger partial charge in [0.1, 0.15) is 11.5 Å². The van der Waals surface area contributed by atoms with Crippen LogP contribution in [0.1, 0.15) is 44.7 Å². The van der Waals surface area contributed by atoms with Gasteiger partial charge in [-0.2, -0.15) is 0 Å². The lowest BCUT2D eigenvalue weighted by molar-refractivity contribution is -0.134. The third kappa shape index (κ3) is 10.0. The maximum Gasteiger partial charge on any atom is 0.237 e. The van der Waals surface area contributed by atoms with Crippen molar-refractivity contribution in [1.82, 2.24) is 10.2 Å². The van der Waals surface area contributed by atoms with Gasteiger partial charge < -0.3 is 30.5 Å². The van der Waals surface area contributed by atoms with Crippen LogP contribution in [0.3, 0.4) is 0 Å². The van der Waals surface area contributed by atoms with Crippen molar-refractivity contribution in [2.45, 2.75) is 64.9 Å². The maximum absolute atomic E-state index is 13.5. The molecule has 0 bridgehead atoms. The topological polar surface area (TPSA) is 114 Å². The van der Waals surface area contributed by atoms with E-state index in [-0.39, 0.29) is 36.6 Å². The summed E-state index contributed by atoms with van der Waals surface area (Å²) in [6.07, 6.45) is -0.472. The molecular weight excluding hydrogens is 482 g/mol. The van der Waals surface area contributed by atoms with Gasteiger partial charge in [0.25, 0.3) is 0 Å². The Balaban J connectivity index is 0.00000648. The molecule has 0 saturated heterocycles. The number of amides is 2. The minimum atomic E-state index is -0.926. The van der Waals surface area contributed by atoms with E-state index in [1.165, 1.54) is 0 Å². The van der Waals surface area contributed by atoms with Crippen LogP contribution in [0, 0.1) is 5.92 Å². The monoisotopic (exact) mass is 521 g/mol. The molecular formula is C27H40ClN3O5.